The van der Waals surface area contributed by atoms with Gasteiger partial charge in [0.2, 0.25) is 5.95 Å². The Morgan fingerprint density at radius 2 is 2.09 bits per heavy atom. The molecule has 7 heteroatoms. The summed E-state index contributed by atoms with van der Waals surface area (Å²) in [5.74, 6) is 0.266. The fourth-order valence-corrected chi connectivity index (χ4v) is 3.26. The van der Waals surface area contributed by atoms with Crippen LogP contribution < -0.4 is 16.4 Å². The Labute approximate surface area is 133 Å². The largest absolute Gasteiger partial charge is 0.369 e. The van der Waals surface area contributed by atoms with Crippen LogP contribution in [0.25, 0.3) is 22.3 Å². The van der Waals surface area contributed by atoms with Crippen molar-refractivity contribution in [1.29, 1.82) is 0 Å². The molecule has 5 N–H and O–H groups in total. The molecule has 1 saturated heterocycles. The van der Waals surface area contributed by atoms with Crippen molar-refractivity contribution in [2.75, 3.05) is 23.7 Å². The number of rotatable bonds is 2. The van der Waals surface area contributed by atoms with Crippen molar-refractivity contribution in [3.63, 3.8) is 0 Å². The number of hydrogen-bond acceptors (Lipinski definition) is 6. The van der Waals surface area contributed by atoms with Crippen molar-refractivity contribution in [2.45, 2.75) is 18.9 Å². The van der Waals surface area contributed by atoms with Crippen molar-refractivity contribution in [2.24, 2.45) is 5.73 Å². The highest BCUT2D eigenvalue weighted by Crippen LogP contribution is 2.35. The SMILES string of the molecule is Nc1nccc(-c2c[nH]c3nccc(N4CCCC(N)C4)c23)n1. The average molecular weight is 309 g/mol. The zero-order valence-corrected chi connectivity index (χ0v) is 12.7. The van der Waals surface area contributed by atoms with E-state index in [1.165, 1.54) is 0 Å². The van der Waals surface area contributed by atoms with Crippen molar-refractivity contribution in [3.05, 3.63) is 30.7 Å². The number of nitrogens with one attached hydrogen (secondary N) is 1. The zero-order chi connectivity index (χ0) is 15.8. The van der Waals surface area contributed by atoms with E-state index in [9.17, 15) is 0 Å². The van der Waals surface area contributed by atoms with Gasteiger partial charge in [-0.1, -0.05) is 0 Å². The number of nitrogens with zero attached hydrogens (tertiary/aromatic N) is 4. The second kappa shape index (κ2) is 5.51. The van der Waals surface area contributed by atoms with E-state index in [0.717, 1.165) is 53.9 Å². The smallest absolute Gasteiger partial charge is 0.220 e. The second-order valence-corrected chi connectivity index (χ2v) is 5.90. The van der Waals surface area contributed by atoms with Crippen LogP contribution in [-0.4, -0.2) is 39.1 Å². The lowest BCUT2D eigenvalue weighted by Crippen LogP contribution is -2.42. The lowest BCUT2D eigenvalue weighted by atomic mass is 10.0. The number of hydrogen-bond donors (Lipinski definition) is 3. The summed E-state index contributed by atoms with van der Waals surface area (Å²) in [6.07, 6.45) is 7.60. The first kappa shape index (κ1) is 14.0. The molecule has 7 nitrogen and oxygen atoms in total. The fourth-order valence-electron chi connectivity index (χ4n) is 3.26. The van der Waals surface area contributed by atoms with E-state index in [4.69, 9.17) is 11.5 Å². The molecule has 0 radical (unpaired) electrons. The summed E-state index contributed by atoms with van der Waals surface area (Å²) < 4.78 is 0. The molecule has 118 valence electrons. The zero-order valence-electron chi connectivity index (χ0n) is 12.7. The normalized spacial score (nSPS) is 18.5. The van der Waals surface area contributed by atoms with Gasteiger partial charge in [-0.05, 0) is 25.0 Å². The highest BCUT2D eigenvalue weighted by molar-refractivity contribution is 6.02. The van der Waals surface area contributed by atoms with Gasteiger partial charge in [0, 0.05) is 43.3 Å². The van der Waals surface area contributed by atoms with Gasteiger partial charge in [-0.2, -0.15) is 0 Å². The van der Waals surface area contributed by atoms with Gasteiger partial charge >= 0.3 is 0 Å². The quantitative estimate of drug-likeness (QED) is 0.662. The maximum absolute atomic E-state index is 6.15. The van der Waals surface area contributed by atoms with Crippen LogP contribution in [0.3, 0.4) is 0 Å². The lowest BCUT2D eigenvalue weighted by molar-refractivity contribution is 0.507. The summed E-state index contributed by atoms with van der Waals surface area (Å²) in [4.78, 5) is 18.3. The van der Waals surface area contributed by atoms with Crippen molar-refractivity contribution >= 4 is 22.7 Å². The van der Waals surface area contributed by atoms with Crippen LogP contribution >= 0.6 is 0 Å². The minimum atomic E-state index is 0.212. The Kier molecular flexibility index (Phi) is 3.34. The standard InChI is InChI=1S/C16H19N7/c17-10-2-1-7-23(9-10)13-4-6-19-15-14(13)11(8-21-15)12-3-5-20-16(18)22-12/h3-6,8,10H,1-2,7,9,17H2,(H,19,21)(H2,18,20,22). The van der Waals surface area contributed by atoms with E-state index in [0.29, 0.717) is 0 Å². The topological polar surface area (TPSA) is 110 Å². The summed E-state index contributed by atoms with van der Waals surface area (Å²) in [5, 5.41) is 1.06. The number of nitrogens with two attached hydrogens (primary N) is 2. The van der Waals surface area contributed by atoms with Crippen molar-refractivity contribution < 1.29 is 0 Å². The number of pyridine rings is 1. The summed E-state index contributed by atoms with van der Waals surface area (Å²) in [7, 11) is 0. The molecule has 1 atom stereocenters. The predicted octanol–water partition coefficient (Wildman–Crippen LogP) is 1.53. The van der Waals surface area contributed by atoms with E-state index >= 15 is 0 Å². The van der Waals surface area contributed by atoms with Gasteiger partial charge in [-0.3, -0.25) is 0 Å². The van der Waals surface area contributed by atoms with E-state index in [1.54, 1.807) is 6.20 Å². The monoisotopic (exact) mass is 309 g/mol. The Hall–Kier alpha value is -2.67. The van der Waals surface area contributed by atoms with Gasteiger partial charge in [-0.15, -0.1) is 0 Å². The van der Waals surface area contributed by atoms with Crippen LogP contribution in [0.5, 0.6) is 0 Å². The second-order valence-electron chi connectivity index (χ2n) is 5.90. The summed E-state index contributed by atoms with van der Waals surface area (Å²) in [5.41, 5.74) is 15.6. The number of piperidine rings is 1. The summed E-state index contributed by atoms with van der Waals surface area (Å²) >= 11 is 0. The number of anilines is 2. The van der Waals surface area contributed by atoms with Gasteiger partial charge in [0.15, 0.2) is 0 Å². The summed E-state index contributed by atoms with van der Waals surface area (Å²) in [6.45, 7) is 1.86. The number of H-pyrrole nitrogens is 1. The Balaban J connectivity index is 1.87. The third-order valence-electron chi connectivity index (χ3n) is 4.30. The maximum atomic E-state index is 6.15. The molecule has 1 unspecified atom stereocenters. The van der Waals surface area contributed by atoms with Crippen LogP contribution in [0, 0.1) is 0 Å². The molecule has 0 saturated carbocycles. The Morgan fingerprint density at radius 1 is 1.22 bits per heavy atom. The van der Waals surface area contributed by atoms with Crippen LogP contribution in [0.2, 0.25) is 0 Å². The van der Waals surface area contributed by atoms with Gasteiger partial charge < -0.3 is 21.4 Å². The molecule has 4 rings (SSSR count). The Morgan fingerprint density at radius 3 is 2.91 bits per heavy atom. The molecule has 4 heterocycles. The van der Waals surface area contributed by atoms with Gasteiger partial charge in [0.25, 0.3) is 0 Å². The first-order valence-corrected chi connectivity index (χ1v) is 7.78. The fraction of sp³-hybridized carbons (Fsp3) is 0.312. The number of aromatic amines is 1. The molecule has 1 aliphatic heterocycles. The van der Waals surface area contributed by atoms with E-state index in [1.807, 2.05) is 24.5 Å². The molecule has 0 amide bonds. The van der Waals surface area contributed by atoms with Crippen molar-refractivity contribution in [3.8, 4) is 11.3 Å². The molecule has 0 aliphatic carbocycles. The van der Waals surface area contributed by atoms with E-state index in [2.05, 4.69) is 24.8 Å². The van der Waals surface area contributed by atoms with E-state index in [-0.39, 0.29) is 12.0 Å². The molecule has 3 aromatic rings. The lowest BCUT2D eigenvalue weighted by Gasteiger charge is -2.33. The molecule has 0 aromatic carbocycles. The molecule has 1 aliphatic rings. The van der Waals surface area contributed by atoms with Crippen molar-refractivity contribution in [1.82, 2.24) is 19.9 Å². The number of fused-ring (bicyclic) bond motifs is 1. The van der Waals surface area contributed by atoms with E-state index < -0.39 is 0 Å². The highest BCUT2D eigenvalue weighted by Gasteiger charge is 2.21. The highest BCUT2D eigenvalue weighted by atomic mass is 15.2. The first-order valence-electron chi connectivity index (χ1n) is 7.78. The minimum Gasteiger partial charge on any atom is -0.369 e. The van der Waals surface area contributed by atoms with Gasteiger partial charge in [-0.25, -0.2) is 15.0 Å². The average Bonchev–Trinajstić information content (AvgIpc) is 2.99. The number of nitrogen functional groups attached to an aromatic ring is 1. The van der Waals surface area contributed by atoms with Crippen LogP contribution in [0.15, 0.2) is 30.7 Å². The molecule has 1 fully saturated rings. The molecular weight excluding hydrogens is 290 g/mol. The summed E-state index contributed by atoms with van der Waals surface area (Å²) in [6, 6.07) is 4.11. The van der Waals surface area contributed by atoms with Gasteiger partial charge in [0.1, 0.15) is 5.65 Å². The molecule has 0 spiro atoms. The predicted molar refractivity (Wildman–Crippen MR) is 91.0 cm³/mol. The number of aromatic nitrogens is 4. The third-order valence-corrected chi connectivity index (χ3v) is 4.30. The molecule has 23 heavy (non-hydrogen) atoms. The maximum Gasteiger partial charge on any atom is 0.220 e. The van der Waals surface area contributed by atoms with Crippen LogP contribution in [-0.2, 0) is 0 Å². The molecule has 0 bridgehead atoms. The van der Waals surface area contributed by atoms with Gasteiger partial charge in [0.05, 0.1) is 16.8 Å². The first-order chi connectivity index (χ1) is 11.2. The van der Waals surface area contributed by atoms with Crippen LogP contribution in [0.4, 0.5) is 11.6 Å². The Bertz CT molecular complexity index is 841. The third kappa shape index (κ3) is 2.49. The molecular formula is C16H19N7. The molecule has 3 aromatic heterocycles. The van der Waals surface area contributed by atoms with Crippen LogP contribution in [0.1, 0.15) is 12.8 Å². The minimum absolute atomic E-state index is 0.212.